The number of carbonyl (C=O) groups excluding carboxylic acids is 1. The first kappa shape index (κ1) is 22.5. The van der Waals surface area contributed by atoms with Crippen molar-refractivity contribution in [1.82, 2.24) is 24.9 Å². The molecule has 2 aromatic rings. The number of nitrogens with zero attached hydrogens (tertiary/aromatic N) is 3. The van der Waals surface area contributed by atoms with Crippen molar-refractivity contribution >= 4 is 50.5 Å². The first-order chi connectivity index (χ1) is 14.2. The van der Waals surface area contributed by atoms with Crippen LogP contribution in [0.3, 0.4) is 0 Å². The van der Waals surface area contributed by atoms with Crippen molar-refractivity contribution in [3.63, 3.8) is 0 Å². The number of hydrogen-bond acceptors (Lipinski definition) is 5. The first-order valence-electron chi connectivity index (χ1n) is 9.30. The van der Waals surface area contributed by atoms with Gasteiger partial charge in [-0.25, -0.2) is 12.7 Å². The van der Waals surface area contributed by atoms with Gasteiger partial charge in [0.1, 0.15) is 0 Å². The molecule has 1 amide bonds. The number of carbonyl (C=O) groups is 1. The van der Waals surface area contributed by atoms with Crippen molar-refractivity contribution in [3.05, 3.63) is 47.2 Å². The average Bonchev–Trinajstić information content (AvgIpc) is 3.14. The van der Waals surface area contributed by atoms with Gasteiger partial charge in [0.15, 0.2) is 5.11 Å². The van der Waals surface area contributed by atoms with E-state index in [0.717, 1.165) is 11.8 Å². The van der Waals surface area contributed by atoms with Crippen LogP contribution < -0.4 is 16.2 Å². The molecule has 1 aliphatic rings. The highest BCUT2D eigenvalue weighted by Crippen LogP contribution is 2.19. The van der Waals surface area contributed by atoms with Crippen LogP contribution in [0.25, 0.3) is 0 Å². The van der Waals surface area contributed by atoms with E-state index in [2.05, 4.69) is 21.3 Å². The summed E-state index contributed by atoms with van der Waals surface area (Å²) in [5.74, 6) is -0.732. The lowest BCUT2D eigenvalue weighted by Gasteiger charge is -2.30. The maximum atomic E-state index is 12.4. The third-order valence-corrected chi connectivity index (χ3v) is 6.55. The molecule has 0 radical (unpaired) electrons. The highest BCUT2D eigenvalue weighted by atomic mass is 35.5. The summed E-state index contributed by atoms with van der Waals surface area (Å²) in [5, 5.41) is 8.06. The summed E-state index contributed by atoms with van der Waals surface area (Å²) in [6, 6.07) is 7.52. The van der Waals surface area contributed by atoms with E-state index in [1.807, 2.05) is 24.3 Å². The fourth-order valence-corrected chi connectivity index (χ4v) is 4.43. The number of hydrogen-bond donors (Lipinski definition) is 3. The number of rotatable bonds is 5. The summed E-state index contributed by atoms with van der Waals surface area (Å²) in [6.45, 7) is 1.12. The lowest BCUT2D eigenvalue weighted by molar-refractivity contribution is -0.126. The standard InChI is InChI=1S/C18H23ClN6O3S2/c1-30(27,28)25-8-4-6-14(11-25)17(26)22-23-18(29)21-15-9-20-24(12-15)10-13-5-2-3-7-16(13)19/h2-3,5,7,9,12,14H,4,6,8,10-11H2,1H3,(H,22,26)(H2,21,23,29)/t14-/m0/s1. The average molecular weight is 471 g/mol. The summed E-state index contributed by atoms with van der Waals surface area (Å²) in [6.07, 6.45) is 5.78. The van der Waals surface area contributed by atoms with Crippen molar-refractivity contribution in [3.8, 4) is 0 Å². The Morgan fingerprint density at radius 1 is 1.33 bits per heavy atom. The summed E-state index contributed by atoms with van der Waals surface area (Å²) in [4.78, 5) is 12.4. The van der Waals surface area contributed by atoms with Gasteiger partial charge in [-0.05, 0) is 36.7 Å². The minimum absolute atomic E-state index is 0.168. The third kappa shape index (κ3) is 6.14. The van der Waals surface area contributed by atoms with Gasteiger partial charge >= 0.3 is 0 Å². The molecule has 1 aromatic carbocycles. The molecule has 2 heterocycles. The van der Waals surface area contributed by atoms with Crippen LogP contribution in [0.1, 0.15) is 18.4 Å². The van der Waals surface area contributed by atoms with Crippen LogP contribution >= 0.6 is 23.8 Å². The molecule has 3 N–H and O–H groups in total. The van der Waals surface area contributed by atoms with Crippen molar-refractivity contribution in [2.45, 2.75) is 19.4 Å². The smallest absolute Gasteiger partial charge is 0.242 e. The van der Waals surface area contributed by atoms with Crippen LogP contribution in [0.2, 0.25) is 5.02 Å². The Kier molecular flexibility index (Phi) is 7.29. The van der Waals surface area contributed by atoms with Gasteiger partial charge in [0.25, 0.3) is 0 Å². The molecule has 162 valence electrons. The van der Waals surface area contributed by atoms with E-state index in [1.54, 1.807) is 17.1 Å². The molecule has 1 aromatic heterocycles. The molecule has 3 rings (SSSR count). The van der Waals surface area contributed by atoms with E-state index >= 15 is 0 Å². The minimum atomic E-state index is -3.31. The van der Waals surface area contributed by atoms with Crippen LogP contribution in [0.4, 0.5) is 5.69 Å². The van der Waals surface area contributed by atoms with Crippen LogP contribution in [0.5, 0.6) is 0 Å². The minimum Gasteiger partial charge on any atom is -0.329 e. The molecule has 30 heavy (non-hydrogen) atoms. The third-order valence-electron chi connectivity index (χ3n) is 4.70. The fourth-order valence-electron chi connectivity index (χ4n) is 3.16. The maximum absolute atomic E-state index is 12.4. The van der Waals surface area contributed by atoms with Gasteiger partial charge in [0, 0.05) is 24.3 Å². The highest BCUT2D eigenvalue weighted by molar-refractivity contribution is 7.88. The van der Waals surface area contributed by atoms with Crippen molar-refractivity contribution in [2.24, 2.45) is 5.92 Å². The number of amides is 1. The van der Waals surface area contributed by atoms with Gasteiger partial charge in [-0.3, -0.25) is 20.3 Å². The molecule has 12 heteroatoms. The lowest BCUT2D eigenvalue weighted by Crippen LogP contribution is -2.50. The topological polar surface area (TPSA) is 108 Å². The number of benzene rings is 1. The van der Waals surface area contributed by atoms with Crippen molar-refractivity contribution in [2.75, 3.05) is 24.7 Å². The number of aromatic nitrogens is 2. The van der Waals surface area contributed by atoms with Crippen molar-refractivity contribution < 1.29 is 13.2 Å². The second-order valence-corrected chi connectivity index (χ2v) is 9.84. The maximum Gasteiger partial charge on any atom is 0.242 e. The number of hydrazine groups is 1. The molecule has 1 fully saturated rings. The first-order valence-corrected chi connectivity index (χ1v) is 11.9. The van der Waals surface area contributed by atoms with Crippen LogP contribution in [0.15, 0.2) is 36.7 Å². The molecule has 0 bridgehead atoms. The van der Waals surface area contributed by atoms with Gasteiger partial charge in [-0.2, -0.15) is 5.10 Å². The van der Waals surface area contributed by atoms with E-state index in [-0.39, 0.29) is 17.6 Å². The number of sulfonamides is 1. The number of nitrogens with one attached hydrogen (secondary N) is 3. The van der Waals surface area contributed by atoms with Gasteiger partial charge in [0.2, 0.25) is 15.9 Å². The number of anilines is 1. The normalized spacial score (nSPS) is 17.3. The number of halogens is 1. The van der Waals surface area contributed by atoms with Crippen LogP contribution in [-0.2, 0) is 21.4 Å². The summed E-state index contributed by atoms with van der Waals surface area (Å²) in [7, 11) is -3.31. The zero-order valence-electron chi connectivity index (χ0n) is 16.3. The molecule has 1 atom stereocenters. The van der Waals surface area contributed by atoms with Crippen LogP contribution in [0, 0.1) is 5.92 Å². The fraction of sp³-hybridized carbons (Fsp3) is 0.389. The summed E-state index contributed by atoms with van der Waals surface area (Å²) < 4.78 is 26.4. The lowest BCUT2D eigenvalue weighted by atomic mass is 9.99. The van der Waals surface area contributed by atoms with Crippen molar-refractivity contribution in [1.29, 1.82) is 0 Å². The molecular weight excluding hydrogens is 448 g/mol. The molecule has 0 aliphatic carbocycles. The molecule has 1 aliphatic heterocycles. The SMILES string of the molecule is CS(=O)(=O)N1CCC[C@H](C(=O)NNC(=S)Nc2cnn(Cc3ccccc3Cl)c2)C1. The van der Waals surface area contributed by atoms with Gasteiger partial charge in [-0.15, -0.1) is 0 Å². The largest absolute Gasteiger partial charge is 0.329 e. The molecule has 0 spiro atoms. The predicted molar refractivity (Wildman–Crippen MR) is 119 cm³/mol. The van der Waals surface area contributed by atoms with E-state index in [9.17, 15) is 13.2 Å². The molecule has 1 saturated heterocycles. The Bertz CT molecular complexity index is 1030. The Hall–Kier alpha value is -2.21. The zero-order chi connectivity index (χ0) is 21.7. The Morgan fingerprint density at radius 2 is 2.10 bits per heavy atom. The zero-order valence-corrected chi connectivity index (χ0v) is 18.7. The second-order valence-electron chi connectivity index (χ2n) is 7.05. The van der Waals surface area contributed by atoms with Gasteiger partial charge < -0.3 is 5.32 Å². The van der Waals surface area contributed by atoms with E-state index in [0.29, 0.717) is 36.6 Å². The highest BCUT2D eigenvalue weighted by Gasteiger charge is 2.30. The monoisotopic (exact) mass is 470 g/mol. The molecular formula is C18H23ClN6O3S2. The van der Waals surface area contributed by atoms with Gasteiger partial charge in [0.05, 0.1) is 30.6 Å². The predicted octanol–water partition coefficient (Wildman–Crippen LogP) is 1.57. The van der Waals surface area contributed by atoms with Crippen LogP contribution in [-0.4, -0.2) is 52.9 Å². The molecule has 0 unspecified atom stereocenters. The quantitative estimate of drug-likeness (QED) is 0.449. The number of piperidine rings is 1. The molecule has 0 saturated carbocycles. The van der Waals surface area contributed by atoms with E-state index < -0.39 is 15.9 Å². The van der Waals surface area contributed by atoms with Gasteiger partial charge in [-0.1, -0.05) is 29.8 Å². The Balaban J connectivity index is 1.47. The van der Waals surface area contributed by atoms with E-state index in [4.69, 9.17) is 23.8 Å². The van der Waals surface area contributed by atoms with E-state index in [1.165, 1.54) is 4.31 Å². The molecule has 9 nitrogen and oxygen atoms in total. The summed E-state index contributed by atoms with van der Waals surface area (Å²) in [5.41, 5.74) is 6.77. The summed E-state index contributed by atoms with van der Waals surface area (Å²) >= 11 is 11.4. The number of thiocarbonyl (C=S) groups is 1. The Labute approximate surface area is 185 Å². The Morgan fingerprint density at radius 3 is 2.83 bits per heavy atom. The second kappa shape index (κ2) is 9.73.